The summed E-state index contributed by atoms with van der Waals surface area (Å²) in [6, 6.07) is 5.69. The highest BCUT2D eigenvalue weighted by atomic mass is 16.2. The van der Waals surface area contributed by atoms with Gasteiger partial charge in [0.05, 0.1) is 0 Å². The van der Waals surface area contributed by atoms with E-state index in [-0.39, 0.29) is 12.1 Å². The third kappa shape index (κ3) is 1.98. The normalized spacial score (nSPS) is 19.3. The average Bonchev–Trinajstić information content (AvgIpc) is 2.56. The number of urea groups is 1. The van der Waals surface area contributed by atoms with E-state index < -0.39 is 0 Å². The van der Waals surface area contributed by atoms with Gasteiger partial charge in [0.1, 0.15) is 11.9 Å². The molecule has 2 N–H and O–H groups in total. The summed E-state index contributed by atoms with van der Waals surface area (Å²) in [4.78, 5) is 17.5. The van der Waals surface area contributed by atoms with Crippen LogP contribution < -0.4 is 5.73 Å². The van der Waals surface area contributed by atoms with Gasteiger partial charge in [-0.3, -0.25) is 0 Å². The van der Waals surface area contributed by atoms with Crippen molar-refractivity contribution in [2.24, 2.45) is 10.7 Å². The summed E-state index contributed by atoms with van der Waals surface area (Å²) >= 11 is 0. The molecule has 1 unspecified atom stereocenters. The van der Waals surface area contributed by atoms with Crippen molar-refractivity contribution in [3.63, 3.8) is 0 Å². The van der Waals surface area contributed by atoms with Gasteiger partial charge >= 0.3 is 6.03 Å². The molecule has 18 heavy (non-hydrogen) atoms. The Bertz CT molecular complexity index is 488. The van der Waals surface area contributed by atoms with Gasteiger partial charge in [-0.25, -0.2) is 4.79 Å². The first-order valence-electron chi connectivity index (χ1n) is 6.27. The van der Waals surface area contributed by atoms with Crippen LogP contribution in [0.25, 0.3) is 0 Å². The van der Waals surface area contributed by atoms with Gasteiger partial charge in [0.15, 0.2) is 0 Å². The standard InChI is InChI=1S/C14H19N3O/c1-4-8-17-12(13(15)16-14(17)18)11-9(2)6-5-7-10(11)3/h5-7,12H,4,8H2,1-3H3,(H2,15,16,18). The first kappa shape index (κ1) is 12.6. The number of amidine groups is 1. The van der Waals surface area contributed by atoms with Crippen LogP contribution in [0.15, 0.2) is 23.2 Å². The number of hydrogen-bond acceptors (Lipinski definition) is 2. The molecule has 0 saturated heterocycles. The second-order valence-electron chi connectivity index (χ2n) is 4.72. The molecular weight excluding hydrogens is 226 g/mol. The number of nitrogens with zero attached hydrogens (tertiary/aromatic N) is 2. The molecule has 1 heterocycles. The van der Waals surface area contributed by atoms with Crippen LogP contribution in [0.5, 0.6) is 0 Å². The maximum atomic E-state index is 11.8. The summed E-state index contributed by atoms with van der Waals surface area (Å²) in [6.45, 7) is 6.82. The van der Waals surface area contributed by atoms with Crippen molar-refractivity contribution < 1.29 is 4.79 Å². The molecule has 0 saturated carbocycles. The molecule has 0 aliphatic carbocycles. The number of rotatable bonds is 3. The molecule has 1 aliphatic rings. The number of amides is 2. The van der Waals surface area contributed by atoms with Crippen molar-refractivity contribution in [1.29, 1.82) is 0 Å². The summed E-state index contributed by atoms with van der Waals surface area (Å²) in [7, 11) is 0. The number of carbonyl (C=O) groups excluding carboxylic acids is 1. The number of hydrogen-bond donors (Lipinski definition) is 1. The summed E-state index contributed by atoms with van der Waals surface area (Å²) in [5, 5.41) is 0. The smallest absolute Gasteiger partial charge is 0.346 e. The van der Waals surface area contributed by atoms with E-state index in [0.717, 1.165) is 23.1 Å². The van der Waals surface area contributed by atoms with Crippen molar-refractivity contribution in [3.05, 3.63) is 34.9 Å². The first-order valence-corrected chi connectivity index (χ1v) is 6.27. The fourth-order valence-corrected chi connectivity index (χ4v) is 2.53. The molecule has 1 atom stereocenters. The Balaban J connectivity index is 2.48. The Hall–Kier alpha value is -1.84. The minimum atomic E-state index is -0.220. The van der Waals surface area contributed by atoms with Crippen LogP contribution in [0.2, 0.25) is 0 Å². The second-order valence-corrected chi connectivity index (χ2v) is 4.72. The topological polar surface area (TPSA) is 58.7 Å². The highest BCUT2D eigenvalue weighted by Crippen LogP contribution is 2.31. The number of benzene rings is 1. The zero-order chi connectivity index (χ0) is 13.3. The largest absolute Gasteiger partial charge is 0.385 e. The van der Waals surface area contributed by atoms with Crippen LogP contribution in [0.4, 0.5) is 4.79 Å². The van der Waals surface area contributed by atoms with Gasteiger partial charge < -0.3 is 10.6 Å². The second kappa shape index (κ2) is 4.80. The minimum absolute atomic E-state index is 0.196. The van der Waals surface area contributed by atoms with Gasteiger partial charge in [-0.1, -0.05) is 25.1 Å². The van der Waals surface area contributed by atoms with Gasteiger partial charge in [0.2, 0.25) is 0 Å². The van der Waals surface area contributed by atoms with E-state index in [1.807, 2.05) is 39.0 Å². The maximum Gasteiger partial charge on any atom is 0.346 e. The van der Waals surface area contributed by atoms with Crippen LogP contribution in [0.1, 0.15) is 36.1 Å². The zero-order valence-electron chi connectivity index (χ0n) is 11.1. The van der Waals surface area contributed by atoms with Crippen molar-refractivity contribution in [1.82, 2.24) is 4.90 Å². The van der Waals surface area contributed by atoms with Crippen molar-refractivity contribution in [3.8, 4) is 0 Å². The summed E-state index contributed by atoms with van der Waals surface area (Å²) < 4.78 is 0. The molecule has 4 nitrogen and oxygen atoms in total. The van der Waals surface area contributed by atoms with Crippen molar-refractivity contribution >= 4 is 11.9 Å². The third-order valence-electron chi connectivity index (χ3n) is 3.34. The number of aryl methyl sites for hydroxylation is 2. The van der Waals surface area contributed by atoms with Gasteiger partial charge in [-0.05, 0) is 37.0 Å². The average molecular weight is 245 g/mol. The molecule has 2 amide bonds. The van der Waals surface area contributed by atoms with E-state index in [1.165, 1.54) is 0 Å². The Morgan fingerprint density at radius 3 is 2.50 bits per heavy atom. The van der Waals surface area contributed by atoms with Crippen molar-refractivity contribution in [2.45, 2.75) is 33.2 Å². The summed E-state index contributed by atoms with van der Waals surface area (Å²) in [6.07, 6.45) is 0.899. The Morgan fingerprint density at radius 1 is 1.33 bits per heavy atom. The van der Waals surface area contributed by atoms with E-state index in [2.05, 4.69) is 4.99 Å². The monoisotopic (exact) mass is 245 g/mol. The SMILES string of the molecule is CCCN1C(=O)N=C(N)C1c1c(C)cccc1C. The van der Waals surface area contributed by atoms with E-state index in [4.69, 9.17) is 5.73 Å². The van der Waals surface area contributed by atoms with E-state index in [9.17, 15) is 4.79 Å². The van der Waals surface area contributed by atoms with Crippen LogP contribution in [-0.2, 0) is 0 Å². The molecule has 0 aromatic heterocycles. The number of aliphatic imine (C=N–C) groups is 1. The minimum Gasteiger partial charge on any atom is -0.385 e. The highest BCUT2D eigenvalue weighted by molar-refractivity contribution is 6.03. The first-order chi connectivity index (χ1) is 8.56. The lowest BCUT2D eigenvalue weighted by molar-refractivity contribution is 0.206. The molecule has 1 aliphatic heterocycles. The molecular formula is C14H19N3O. The molecule has 4 heteroatoms. The predicted octanol–water partition coefficient (Wildman–Crippen LogP) is 2.55. The lowest BCUT2D eigenvalue weighted by Gasteiger charge is -2.26. The van der Waals surface area contributed by atoms with Gasteiger partial charge in [-0.2, -0.15) is 4.99 Å². The summed E-state index contributed by atoms with van der Waals surface area (Å²) in [5.74, 6) is 0.408. The molecule has 2 rings (SSSR count). The highest BCUT2D eigenvalue weighted by Gasteiger charge is 2.35. The fourth-order valence-electron chi connectivity index (χ4n) is 2.53. The number of nitrogens with two attached hydrogens (primary N) is 1. The quantitative estimate of drug-likeness (QED) is 0.889. The maximum absolute atomic E-state index is 11.8. The zero-order valence-corrected chi connectivity index (χ0v) is 11.1. The molecule has 0 radical (unpaired) electrons. The van der Waals surface area contributed by atoms with Crippen LogP contribution >= 0.6 is 0 Å². The summed E-state index contributed by atoms with van der Waals surface area (Å²) in [5.41, 5.74) is 9.35. The van der Waals surface area contributed by atoms with E-state index >= 15 is 0 Å². The van der Waals surface area contributed by atoms with Gasteiger partial charge in [0, 0.05) is 6.54 Å². The fraction of sp³-hybridized carbons (Fsp3) is 0.429. The van der Waals surface area contributed by atoms with Crippen LogP contribution in [0.3, 0.4) is 0 Å². The van der Waals surface area contributed by atoms with Gasteiger partial charge in [0.25, 0.3) is 0 Å². The molecule has 1 aromatic rings. The van der Waals surface area contributed by atoms with E-state index in [0.29, 0.717) is 12.4 Å². The van der Waals surface area contributed by atoms with E-state index in [1.54, 1.807) is 4.90 Å². The molecule has 0 spiro atoms. The molecule has 0 bridgehead atoms. The predicted molar refractivity (Wildman–Crippen MR) is 72.7 cm³/mol. The van der Waals surface area contributed by atoms with Crippen LogP contribution in [0, 0.1) is 13.8 Å². The van der Waals surface area contributed by atoms with Gasteiger partial charge in [-0.15, -0.1) is 0 Å². The Morgan fingerprint density at radius 2 is 1.94 bits per heavy atom. The third-order valence-corrected chi connectivity index (χ3v) is 3.34. The lowest BCUT2D eigenvalue weighted by Crippen LogP contribution is -2.34. The van der Waals surface area contributed by atoms with Crippen LogP contribution in [-0.4, -0.2) is 23.3 Å². The molecule has 1 aromatic carbocycles. The molecule has 0 fully saturated rings. The van der Waals surface area contributed by atoms with Crippen molar-refractivity contribution in [2.75, 3.05) is 6.54 Å². The Kier molecular flexibility index (Phi) is 3.36. The Labute approximate surface area is 108 Å². The lowest BCUT2D eigenvalue weighted by atomic mass is 9.95. The molecule has 96 valence electrons. The number of carbonyl (C=O) groups is 1.